The minimum Gasteiger partial charge on any atom is -0.375 e. The summed E-state index contributed by atoms with van der Waals surface area (Å²) >= 11 is 0. The van der Waals surface area contributed by atoms with Gasteiger partial charge in [0.2, 0.25) is 5.91 Å². The van der Waals surface area contributed by atoms with Crippen molar-refractivity contribution >= 4 is 5.91 Å². The number of hydrogen-bond acceptors (Lipinski definition) is 3. The van der Waals surface area contributed by atoms with Crippen LogP contribution in [0.4, 0.5) is 0 Å². The Kier molecular flexibility index (Phi) is 16.9. The Balaban J connectivity index is 0. The predicted molar refractivity (Wildman–Crippen MR) is 59.1 cm³/mol. The van der Waals surface area contributed by atoms with Gasteiger partial charge in [0, 0.05) is 13.7 Å². The molecule has 0 heterocycles. The molecule has 4 heteroatoms. The number of carbonyl (C=O) groups is 1. The molecule has 3 N–H and O–H groups in total. The second-order valence-electron chi connectivity index (χ2n) is 2.63. The molecular formula is C10H24N2O2. The zero-order valence-corrected chi connectivity index (χ0v) is 9.64. The second-order valence-corrected chi connectivity index (χ2v) is 2.63. The van der Waals surface area contributed by atoms with E-state index in [0.717, 1.165) is 32.4 Å². The highest BCUT2D eigenvalue weighted by Gasteiger charge is 1.96. The van der Waals surface area contributed by atoms with Crippen molar-refractivity contribution in [2.24, 2.45) is 5.73 Å². The number of nitrogens with one attached hydrogen (secondary N) is 1. The van der Waals surface area contributed by atoms with Crippen LogP contribution in [0.2, 0.25) is 0 Å². The van der Waals surface area contributed by atoms with Crippen LogP contribution in [0.15, 0.2) is 0 Å². The van der Waals surface area contributed by atoms with E-state index in [0.29, 0.717) is 0 Å². The quantitative estimate of drug-likeness (QED) is 0.606. The number of methoxy groups -OCH3 is 1. The van der Waals surface area contributed by atoms with E-state index in [4.69, 9.17) is 5.73 Å². The molecule has 14 heavy (non-hydrogen) atoms. The number of unbranched alkanes of at least 4 members (excludes halogenated alkanes) is 2. The Bertz CT molecular complexity index is 119. The topological polar surface area (TPSA) is 64.3 Å². The maximum absolute atomic E-state index is 10.8. The lowest BCUT2D eigenvalue weighted by atomic mass is 10.2. The van der Waals surface area contributed by atoms with Crippen LogP contribution in [-0.2, 0) is 9.53 Å². The first-order valence-corrected chi connectivity index (χ1v) is 5.27. The monoisotopic (exact) mass is 204 g/mol. The average molecular weight is 204 g/mol. The molecule has 0 fully saturated rings. The molecule has 0 aliphatic rings. The molecule has 0 aliphatic heterocycles. The van der Waals surface area contributed by atoms with E-state index in [1.165, 1.54) is 7.11 Å². The number of hydrogen-bond donors (Lipinski definition) is 2. The van der Waals surface area contributed by atoms with Gasteiger partial charge < -0.3 is 15.8 Å². The van der Waals surface area contributed by atoms with Gasteiger partial charge in [-0.1, -0.05) is 20.3 Å². The summed E-state index contributed by atoms with van der Waals surface area (Å²) in [7, 11) is 1.51. The molecule has 1 amide bonds. The standard InChI is InChI=1S/C8H18N2O2.C2H6/c1-12-7-8(11)10-6-4-2-3-5-9;1-2/h2-7,9H2,1H3,(H,10,11);1-2H3. The summed E-state index contributed by atoms with van der Waals surface area (Å²) in [5.74, 6) is -0.0507. The predicted octanol–water partition coefficient (Wildman–Crippen LogP) is 0.904. The van der Waals surface area contributed by atoms with Crippen LogP contribution in [0, 0.1) is 0 Å². The lowest BCUT2D eigenvalue weighted by molar-refractivity contribution is -0.124. The highest BCUT2D eigenvalue weighted by Crippen LogP contribution is 1.90. The Hall–Kier alpha value is -0.610. The van der Waals surface area contributed by atoms with Crippen LogP contribution in [0.25, 0.3) is 0 Å². The van der Waals surface area contributed by atoms with Gasteiger partial charge in [-0.05, 0) is 19.4 Å². The molecule has 0 unspecified atom stereocenters. The van der Waals surface area contributed by atoms with E-state index >= 15 is 0 Å². The van der Waals surface area contributed by atoms with Gasteiger partial charge in [0.25, 0.3) is 0 Å². The lowest BCUT2D eigenvalue weighted by Gasteiger charge is -2.03. The molecule has 0 atom stereocenters. The number of carbonyl (C=O) groups excluding carboxylic acids is 1. The summed E-state index contributed by atoms with van der Waals surface area (Å²) in [6.45, 7) is 5.60. The number of ether oxygens (including phenoxy) is 1. The Morgan fingerprint density at radius 2 is 1.93 bits per heavy atom. The molecule has 4 nitrogen and oxygen atoms in total. The van der Waals surface area contributed by atoms with E-state index in [1.807, 2.05) is 13.8 Å². The zero-order valence-electron chi connectivity index (χ0n) is 9.64. The first-order chi connectivity index (χ1) is 6.81. The van der Waals surface area contributed by atoms with E-state index in [-0.39, 0.29) is 12.5 Å². The maximum Gasteiger partial charge on any atom is 0.245 e. The van der Waals surface area contributed by atoms with Crippen molar-refractivity contribution in [2.45, 2.75) is 33.1 Å². The molecule has 0 bridgehead atoms. The molecular weight excluding hydrogens is 180 g/mol. The molecule has 0 radical (unpaired) electrons. The van der Waals surface area contributed by atoms with Gasteiger partial charge in [-0.15, -0.1) is 0 Å². The molecule has 0 saturated heterocycles. The summed E-state index contributed by atoms with van der Waals surface area (Å²) in [6.07, 6.45) is 3.09. The van der Waals surface area contributed by atoms with Crippen LogP contribution < -0.4 is 11.1 Å². The van der Waals surface area contributed by atoms with Crippen molar-refractivity contribution in [1.82, 2.24) is 5.32 Å². The Morgan fingerprint density at radius 3 is 2.43 bits per heavy atom. The Labute approximate surface area is 87.2 Å². The van der Waals surface area contributed by atoms with Gasteiger partial charge in [-0.3, -0.25) is 4.79 Å². The number of rotatable bonds is 7. The summed E-state index contributed by atoms with van der Waals surface area (Å²) in [4.78, 5) is 10.8. The van der Waals surface area contributed by atoms with Crippen molar-refractivity contribution in [3.05, 3.63) is 0 Å². The molecule has 0 aromatic rings. The molecule has 0 aliphatic carbocycles. The molecule has 0 aromatic carbocycles. The van der Waals surface area contributed by atoms with Gasteiger partial charge in [-0.2, -0.15) is 0 Å². The van der Waals surface area contributed by atoms with E-state index in [2.05, 4.69) is 10.1 Å². The first-order valence-electron chi connectivity index (χ1n) is 5.27. The summed E-state index contributed by atoms with van der Waals surface area (Å²) in [5.41, 5.74) is 5.31. The van der Waals surface area contributed by atoms with Gasteiger partial charge >= 0.3 is 0 Å². The summed E-state index contributed by atoms with van der Waals surface area (Å²) < 4.78 is 4.65. The molecule has 86 valence electrons. The molecule has 0 aromatic heterocycles. The third-order valence-electron chi connectivity index (χ3n) is 1.48. The van der Waals surface area contributed by atoms with Crippen molar-refractivity contribution in [3.8, 4) is 0 Å². The normalized spacial score (nSPS) is 8.86. The van der Waals surface area contributed by atoms with Crippen LogP contribution in [0.3, 0.4) is 0 Å². The molecule has 0 saturated carbocycles. The third kappa shape index (κ3) is 13.9. The highest BCUT2D eigenvalue weighted by atomic mass is 16.5. The van der Waals surface area contributed by atoms with Crippen molar-refractivity contribution in [2.75, 3.05) is 26.8 Å². The van der Waals surface area contributed by atoms with Gasteiger partial charge in [-0.25, -0.2) is 0 Å². The van der Waals surface area contributed by atoms with E-state index in [9.17, 15) is 4.79 Å². The second kappa shape index (κ2) is 14.9. The van der Waals surface area contributed by atoms with Crippen molar-refractivity contribution in [1.29, 1.82) is 0 Å². The average Bonchev–Trinajstić information content (AvgIpc) is 2.21. The Morgan fingerprint density at radius 1 is 1.29 bits per heavy atom. The third-order valence-corrected chi connectivity index (χ3v) is 1.48. The largest absolute Gasteiger partial charge is 0.375 e. The van der Waals surface area contributed by atoms with Gasteiger partial charge in [0.1, 0.15) is 6.61 Å². The summed E-state index contributed by atoms with van der Waals surface area (Å²) in [6, 6.07) is 0. The zero-order chi connectivity index (χ0) is 11.2. The minimum atomic E-state index is -0.0507. The lowest BCUT2D eigenvalue weighted by Crippen LogP contribution is -2.27. The maximum atomic E-state index is 10.8. The summed E-state index contributed by atoms with van der Waals surface area (Å²) in [5, 5.41) is 2.74. The fraction of sp³-hybridized carbons (Fsp3) is 0.900. The van der Waals surface area contributed by atoms with Crippen molar-refractivity contribution < 1.29 is 9.53 Å². The van der Waals surface area contributed by atoms with Crippen molar-refractivity contribution in [3.63, 3.8) is 0 Å². The number of nitrogens with two attached hydrogens (primary N) is 1. The highest BCUT2D eigenvalue weighted by molar-refractivity contribution is 5.77. The fourth-order valence-corrected chi connectivity index (χ4v) is 0.856. The fourth-order valence-electron chi connectivity index (χ4n) is 0.856. The van der Waals surface area contributed by atoms with E-state index < -0.39 is 0 Å². The minimum absolute atomic E-state index is 0.0507. The van der Waals surface area contributed by atoms with E-state index in [1.54, 1.807) is 0 Å². The molecule has 0 spiro atoms. The van der Waals surface area contributed by atoms with Crippen LogP contribution in [0.5, 0.6) is 0 Å². The molecule has 0 rings (SSSR count). The van der Waals surface area contributed by atoms with Crippen LogP contribution in [0.1, 0.15) is 33.1 Å². The van der Waals surface area contributed by atoms with Crippen LogP contribution in [-0.4, -0.2) is 32.7 Å². The van der Waals surface area contributed by atoms with Gasteiger partial charge in [0.15, 0.2) is 0 Å². The van der Waals surface area contributed by atoms with Crippen LogP contribution >= 0.6 is 0 Å². The first kappa shape index (κ1) is 15.8. The smallest absolute Gasteiger partial charge is 0.245 e. The number of amides is 1. The SMILES string of the molecule is CC.COCC(=O)NCCCCCN. The van der Waals surface area contributed by atoms with Gasteiger partial charge in [0.05, 0.1) is 0 Å².